The van der Waals surface area contributed by atoms with Crippen molar-refractivity contribution in [2.45, 2.75) is 83.0 Å². The highest BCUT2D eigenvalue weighted by Crippen LogP contribution is 2.32. The molecule has 1 unspecified atom stereocenters. The summed E-state index contributed by atoms with van der Waals surface area (Å²) in [6, 6.07) is 6.64. The molecule has 2 fully saturated rings. The fourth-order valence-electron chi connectivity index (χ4n) is 5.24. The van der Waals surface area contributed by atoms with Crippen LogP contribution in [0.15, 0.2) is 41.1 Å². The maximum atomic E-state index is 13.8. The predicted octanol–water partition coefficient (Wildman–Crippen LogP) is 3.21. The largest absolute Gasteiger partial charge is 0.458 e. The van der Waals surface area contributed by atoms with Crippen LogP contribution in [0, 0.1) is 6.92 Å². The van der Waals surface area contributed by atoms with Crippen LogP contribution in [0.25, 0.3) is 11.6 Å². The molecule has 0 saturated heterocycles. The van der Waals surface area contributed by atoms with E-state index in [4.69, 9.17) is 4.42 Å². The molecule has 184 valence electrons. The van der Waals surface area contributed by atoms with Crippen LogP contribution >= 0.6 is 0 Å². The molecule has 3 heterocycles. The molecule has 35 heavy (non-hydrogen) atoms. The minimum Gasteiger partial charge on any atom is -0.458 e. The number of carbonyl (C=O) groups excluding carboxylic acids is 2. The lowest BCUT2D eigenvalue weighted by Crippen LogP contribution is -2.50. The van der Waals surface area contributed by atoms with Crippen LogP contribution < -0.4 is 5.32 Å². The van der Waals surface area contributed by atoms with Crippen molar-refractivity contribution in [2.24, 2.45) is 0 Å². The summed E-state index contributed by atoms with van der Waals surface area (Å²) in [7, 11) is 0. The van der Waals surface area contributed by atoms with E-state index in [1.807, 2.05) is 25.1 Å². The zero-order chi connectivity index (χ0) is 24.2. The first-order valence-corrected chi connectivity index (χ1v) is 12.4. The van der Waals surface area contributed by atoms with E-state index in [1.54, 1.807) is 23.4 Å². The summed E-state index contributed by atoms with van der Waals surface area (Å²) in [6.07, 6.45) is 11.3. The summed E-state index contributed by atoms with van der Waals surface area (Å²) in [4.78, 5) is 34.6. The summed E-state index contributed by atoms with van der Waals surface area (Å²) in [6.45, 7) is 1.73. The van der Waals surface area contributed by atoms with Crippen LogP contribution in [0.5, 0.6) is 0 Å². The third-order valence-electron chi connectivity index (χ3n) is 6.95. The van der Waals surface area contributed by atoms with Gasteiger partial charge in [0, 0.05) is 24.5 Å². The Morgan fingerprint density at radius 2 is 1.80 bits per heavy atom. The Labute approximate surface area is 204 Å². The molecule has 3 aromatic heterocycles. The normalized spacial score (nSPS) is 17.5. The number of hydrogen-bond donors (Lipinski definition) is 1. The second-order valence-electron chi connectivity index (χ2n) is 9.47. The Bertz CT molecular complexity index is 1150. The number of carbonyl (C=O) groups is 2. The maximum Gasteiger partial charge on any atom is 0.247 e. The van der Waals surface area contributed by atoms with Crippen LogP contribution in [0.4, 0.5) is 0 Å². The second-order valence-corrected chi connectivity index (χ2v) is 9.47. The van der Waals surface area contributed by atoms with Gasteiger partial charge in [-0.3, -0.25) is 14.6 Å². The van der Waals surface area contributed by atoms with Gasteiger partial charge in [-0.2, -0.15) is 4.80 Å². The van der Waals surface area contributed by atoms with Crippen molar-refractivity contribution in [1.82, 2.24) is 35.4 Å². The van der Waals surface area contributed by atoms with Gasteiger partial charge in [-0.25, -0.2) is 0 Å². The molecule has 2 saturated carbocycles. The molecule has 0 aliphatic heterocycles. The first-order chi connectivity index (χ1) is 17.1. The predicted molar refractivity (Wildman–Crippen MR) is 127 cm³/mol. The number of aryl methyl sites for hydroxylation is 1. The highest BCUT2D eigenvalue weighted by molar-refractivity contribution is 5.89. The lowest BCUT2D eigenvalue weighted by Gasteiger charge is -2.36. The van der Waals surface area contributed by atoms with Crippen molar-refractivity contribution in [3.63, 3.8) is 0 Å². The van der Waals surface area contributed by atoms with Crippen LogP contribution in [0.1, 0.15) is 68.7 Å². The maximum absolute atomic E-state index is 13.8. The highest BCUT2D eigenvalue weighted by Gasteiger charge is 2.38. The first kappa shape index (κ1) is 23.2. The minimum atomic E-state index is -0.732. The average molecular weight is 478 g/mol. The van der Waals surface area contributed by atoms with Crippen molar-refractivity contribution >= 4 is 11.8 Å². The second kappa shape index (κ2) is 10.4. The van der Waals surface area contributed by atoms with Crippen LogP contribution in [0.2, 0.25) is 0 Å². The minimum absolute atomic E-state index is 0.0225. The molecule has 0 bridgehead atoms. The average Bonchev–Trinajstić information content (AvgIpc) is 3.66. The number of aromatic nitrogens is 5. The van der Waals surface area contributed by atoms with E-state index in [1.165, 1.54) is 4.80 Å². The SMILES string of the molecule is Cc1ccc(-c2nnn(CC(=O)N(C3CCCC3)C(C(=O)NC3CCCC3)c3ccncc3)n2)o1. The fourth-order valence-corrected chi connectivity index (χ4v) is 5.24. The standard InChI is InChI=1S/C25H31N7O3/c1-17-10-11-21(35-17)24-28-30-31(29-24)16-22(33)32(20-8-4-5-9-20)23(18-12-14-26-15-13-18)25(34)27-19-6-2-3-7-19/h10-15,19-20,23H,2-9,16H2,1H3,(H,27,34). The summed E-state index contributed by atoms with van der Waals surface area (Å²) < 4.78 is 5.57. The third kappa shape index (κ3) is 5.26. The molecule has 3 aromatic rings. The molecule has 5 rings (SSSR count). The fraction of sp³-hybridized carbons (Fsp3) is 0.520. The molecule has 1 N–H and O–H groups in total. The Morgan fingerprint density at radius 1 is 1.09 bits per heavy atom. The number of rotatable bonds is 8. The van der Waals surface area contributed by atoms with Gasteiger partial charge >= 0.3 is 0 Å². The topological polar surface area (TPSA) is 119 Å². The Hall–Kier alpha value is -3.56. The molecular formula is C25H31N7O3. The van der Waals surface area contributed by atoms with E-state index in [9.17, 15) is 9.59 Å². The summed E-state index contributed by atoms with van der Waals surface area (Å²) >= 11 is 0. The van der Waals surface area contributed by atoms with Gasteiger partial charge in [0.05, 0.1) is 0 Å². The molecule has 10 heteroatoms. The number of nitrogens with one attached hydrogen (secondary N) is 1. The van der Waals surface area contributed by atoms with Crippen molar-refractivity contribution in [2.75, 3.05) is 0 Å². The molecule has 0 spiro atoms. The van der Waals surface area contributed by atoms with E-state index in [0.29, 0.717) is 11.6 Å². The lowest BCUT2D eigenvalue weighted by molar-refractivity contribution is -0.144. The summed E-state index contributed by atoms with van der Waals surface area (Å²) in [5, 5.41) is 15.7. The zero-order valence-electron chi connectivity index (χ0n) is 20.0. The van der Waals surface area contributed by atoms with Crippen LogP contribution in [-0.4, -0.2) is 54.0 Å². The van der Waals surface area contributed by atoms with Crippen molar-refractivity contribution in [3.8, 4) is 11.6 Å². The number of nitrogens with zero attached hydrogens (tertiary/aromatic N) is 6. The summed E-state index contributed by atoms with van der Waals surface area (Å²) in [5.41, 5.74) is 0.758. The molecule has 10 nitrogen and oxygen atoms in total. The quantitative estimate of drug-likeness (QED) is 0.529. The first-order valence-electron chi connectivity index (χ1n) is 12.4. The van der Waals surface area contributed by atoms with Gasteiger partial charge in [0.15, 0.2) is 5.76 Å². The highest BCUT2D eigenvalue weighted by atomic mass is 16.3. The van der Waals surface area contributed by atoms with Gasteiger partial charge in [0.25, 0.3) is 0 Å². The third-order valence-corrected chi connectivity index (χ3v) is 6.95. The van der Waals surface area contributed by atoms with E-state index >= 15 is 0 Å². The number of hydrogen-bond acceptors (Lipinski definition) is 7. The van der Waals surface area contributed by atoms with Crippen molar-refractivity contribution < 1.29 is 14.0 Å². The van der Waals surface area contributed by atoms with Crippen LogP contribution in [-0.2, 0) is 16.1 Å². The van der Waals surface area contributed by atoms with Gasteiger partial charge in [0.1, 0.15) is 18.3 Å². The lowest BCUT2D eigenvalue weighted by atomic mass is 10.0. The monoisotopic (exact) mass is 477 g/mol. The molecule has 2 aliphatic carbocycles. The van der Waals surface area contributed by atoms with Crippen molar-refractivity contribution in [1.29, 1.82) is 0 Å². The Kier molecular flexibility index (Phi) is 6.87. The van der Waals surface area contributed by atoms with E-state index in [-0.39, 0.29) is 30.4 Å². The van der Waals surface area contributed by atoms with Gasteiger partial charge in [0.2, 0.25) is 17.6 Å². The summed E-state index contributed by atoms with van der Waals surface area (Å²) in [5.74, 6) is 1.22. The van der Waals surface area contributed by atoms with E-state index < -0.39 is 6.04 Å². The van der Waals surface area contributed by atoms with Crippen molar-refractivity contribution in [3.05, 3.63) is 48.0 Å². The molecule has 1 atom stereocenters. The molecule has 2 aliphatic rings. The number of furan rings is 1. The molecule has 2 amide bonds. The van der Waals surface area contributed by atoms with Gasteiger partial charge < -0.3 is 14.6 Å². The molecule has 0 radical (unpaired) electrons. The molecule has 0 aromatic carbocycles. The number of tetrazole rings is 1. The Balaban J connectivity index is 1.42. The van der Waals surface area contributed by atoms with Gasteiger partial charge in [-0.1, -0.05) is 25.7 Å². The smallest absolute Gasteiger partial charge is 0.247 e. The van der Waals surface area contributed by atoms with Gasteiger partial charge in [-0.15, -0.1) is 10.2 Å². The van der Waals surface area contributed by atoms with Crippen LogP contribution in [0.3, 0.4) is 0 Å². The van der Waals surface area contributed by atoms with E-state index in [0.717, 1.165) is 62.7 Å². The zero-order valence-corrected chi connectivity index (χ0v) is 20.0. The molecular weight excluding hydrogens is 446 g/mol. The Morgan fingerprint density at radius 3 is 2.49 bits per heavy atom. The number of amides is 2. The van der Waals surface area contributed by atoms with E-state index in [2.05, 4.69) is 25.7 Å². The number of pyridine rings is 1. The van der Waals surface area contributed by atoms with Gasteiger partial charge in [-0.05, 0) is 67.6 Å².